The minimum absolute atomic E-state index is 0.00730. The fourth-order valence-corrected chi connectivity index (χ4v) is 3.42. The SMILES string of the molecule is Cc1cc(C(=O)N2CCC[C@@H]2C(=O)N(C)C)c2cccc(C)c2n1. The van der Waals surface area contributed by atoms with E-state index < -0.39 is 0 Å². The van der Waals surface area contributed by atoms with E-state index in [2.05, 4.69) is 4.98 Å². The number of amides is 2. The van der Waals surface area contributed by atoms with Crippen LogP contribution in [-0.4, -0.2) is 53.3 Å². The standard InChI is InChI=1S/C19H23N3O2/c1-12-7-5-8-14-15(11-13(2)20-17(12)14)18(23)22-10-6-9-16(22)19(24)21(3)4/h5,7-8,11,16H,6,9-10H2,1-4H3/t16-/m1/s1. The highest BCUT2D eigenvalue weighted by Crippen LogP contribution is 2.26. The summed E-state index contributed by atoms with van der Waals surface area (Å²) in [5, 5.41) is 0.855. The number of nitrogens with zero attached hydrogens (tertiary/aromatic N) is 3. The van der Waals surface area contributed by atoms with Gasteiger partial charge in [-0.2, -0.15) is 0 Å². The van der Waals surface area contributed by atoms with Gasteiger partial charge in [-0.15, -0.1) is 0 Å². The average molecular weight is 325 g/mol. The predicted molar refractivity (Wildman–Crippen MR) is 94.0 cm³/mol. The maximum atomic E-state index is 13.2. The summed E-state index contributed by atoms with van der Waals surface area (Å²) in [6.07, 6.45) is 1.58. The molecule has 1 atom stereocenters. The zero-order chi connectivity index (χ0) is 17.4. The molecule has 1 saturated heterocycles. The molecule has 0 radical (unpaired) electrons. The van der Waals surface area contributed by atoms with Crippen molar-refractivity contribution in [3.63, 3.8) is 0 Å². The monoisotopic (exact) mass is 325 g/mol. The Labute approximate surface area is 142 Å². The molecule has 1 fully saturated rings. The van der Waals surface area contributed by atoms with Crippen LogP contribution >= 0.6 is 0 Å². The van der Waals surface area contributed by atoms with Gasteiger partial charge in [-0.3, -0.25) is 14.6 Å². The van der Waals surface area contributed by atoms with Crippen LogP contribution in [-0.2, 0) is 4.79 Å². The molecule has 0 bridgehead atoms. The number of carbonyl (C=O) groups is 2. The molecular formula is C19H23N3O2. The molecule has 5 nitrogen and oxygen atoms in total. The maximum Gasteiger partial charge on any atom is 0.255 e. The number of aryl methyl sites for hydroxylation is 2. The number of hydrogen-bond donors (Lipinski definition) is 0. The zero-order valence-electron chi connectivity index (χ0n) is 14.7. The predicted octanol–water partition coefficient (Wildman–Crippen LogP) is 2.54. The van der Waals surface area contributed by atoms with Crippen LogP contribution in [0.15, 0.2) is 24.3 Å². The third-order valence-corrected chi connectivity index (χ3v) is 4.64. The van der Waals surface area contributed by atoms with Crippen molar-refractivity contribution in [1.82, 2.24) is 14.8 Å². The highest BCUT2D eigenvalue weighted by atomic mass is 16.2. The molecule has 0 aliphatic carbocycles. The van der Waals surface area contributed by atoms with Crippen molar-refractivity contribution in [2.24, 2.45) is 0 Å². The molecule has 2 heterocycles. The van der Waals surface area contributed by atoms with Crippen molar-refractivity contribution in [2.45, 2.75) is 32.7 Å². The molecule has 1 aromatic carbocycles. The van der Waals surface area contributed by atoms with Crippen molar-refractivity contribution in [3.05, 3.63) is 41.1 Å². The fourth-order valence-electron chi connectivity index (χ4n) is 3.42. The highest BCUT2D eigenvalue weighted by molar-refractivity contribution is 6.08. The number of rotatable bonds is 2. The first-order chi connectivity index (χ1) is 11.4. The molecule has 0 spiro atoms. The number of carbonyl (C=O) groups excluding carboxylic acids is 2. The van der Waals surface area contributed by atoms with Crippen LogP contribution in [0.25, 0.3) is 10.9 Å². The van der Waals surface area contributed by atoms with E-state index in [1.54, 1.807) is 23.9 Å². The summed E-state index contributed by atoms with van der Waals surface area (Å²) >= 11 is 0. The van der Waals surface area contributed by atoms with Gasteiger partial charge in [-0.1, -0.05) is 18.2 Å². The van der Waals surface area contributed by atoms with Crippen molar-refractivity contribution >= 4 is 22.7 Å². The smallest absolute Gasteiger partial charge is 0.255 e. The van der Waals surface area contributed by atoms with Gasteiger partial charge in [0, 0.05) is 31.7 Å². The normalized spacial score (nSPS) is 17.3. The summed E-state index contributed by atoms with van der Waals surface area (Å²) in [5.74, 6) is -0.0825. The molecular weight excluding hydrogens is 302 g/mol. The number of aromatic nitrogens is 1. The molecule has 1 aliphatic rings. The van der Waals surface area contributed by atoms with Gasteiger partial charge in [0.05, 0.1) is 11.1 Å². The summed E-state index contributed by atoms with van der Waals surface area (Å²) in [4.78, 5) is 33.5. The van der Waals surface area contributed by atoms with Crippen LogP contribution in [0.4, 0.5) is 0 Å². The molecule has 1 aromatic heterocycles. The number of likely N-dealkylation sites (N-methyl/N-ethyl adjacent to an activating group) is 1. The van der Waals surface area contributed by atoms with Crippen LogP contribution < -0.4 is 0 Å². The van der Waals surface area contributed by atoms with Crippen LogP contribution in [0, 0.1) is 13.8 Å². The van der Waals surface area contributed by atoms with E-state index in [9.17, 15) is 9.59 Å². The Hall–Kier alpha value is -2.43. The minimum atomic E-state index is -0.360. The summed E-state index contributed by atoms with van der Waals surface area (Å²) < 4.78 is 0. The average Bonchev–Trinajstić information content (AvgIpc) is 3.03. The largest absolute Gasteiger partial charge is 0.347 e. The number of pyridine rings is 1. The number of hydrogen-bond acceptors (Lipinski definition) is 3. The second kappa shape index (κ2) is 6.23. The Morgan fingerprint density at radius 3 is 2.71 bits per heavy atom. The van der Waals surface area contributed by atoms with Gasteiger partial charge in [0.1, 0.15) is 6.04 Å². The highest BCUT2D eigenvalue weighted by Gasteiger charge is 2.35. The van der Waals surface area contributed by atoms with Gasteiger partial charge < -0.3 is 9.80 Å². The lowest BCUT2D eigenvalue weighted by atomic mass is 10.0. The van der Waals surface area contributed by atoms with E-state index in [0.717, 1.165) is 35.0 Å². The Balaban J connectivity index is 2.06. The van der Waals surface area contributed by atoms with Gasteiger partial charge in [0.15, 0.2) is 0 Å². The fraction of sp³-hybridized carbons (Fsp3) is 0.421. The van der Waals surface area contributed by atoms with Crippen LogP contribution in [0.2, 0.25) is 0 Å². The molecule has 1 aliphatic heterocycles. The molecule has 0 unspecified atom stereocenters. The minimum Gasteiger partial charge on any atom is -0.347 e. The first kappa shape index (κ1) is 16.4. The van der Waals surface area contributed by atoms with E-state index in [-0.39, 0.29) is 17.9 Å². The third kappa shape index (κ3) is 2.75. The van der Waals surface area contributed by atoms with Crippen LogP contribution in [0.3, 0.4) is 0 Å². The number of para-hydroxylation sites is 1. The second-order valence-electron chi connectivity index (χ2n) is 6.67. The van der Waals surface area contributed by atoms with E-state index in [0.29, 0.717) is 12.1 Å². The van der Waals surface area contributed by atoms with E-state index in [1.165, 1.54) is 0 Å². The van der Waals surface area contributed by atoms with Gasteiger partial charge in [-0.25, -0.2) is 0 Å². The quantitative estimate of drug-likeness (QED) is 0.852. The van der Waals surface area contributed by atoms with Gasteiger partial charge >= 0.3 is 0 Å². The lowest BCUT2D eigenvalue weighted by molar-refractivity contribution is -0.132. The molecule has 2 aromatic rings. The summed E-state index contributed by atoms with van der Waals surface area (Å²) in [5.41, 5.74) is 3.36. The van der Waals surface area contributed by atoms with E-state index in [4.69, 9.17) is 0 Å². The van der Waals surface area contributed by atoms with E-state index in [1.807, 2.05) is 38.1 Å². The summed E-state index contributed by atoms with van der Waals surface area (Å²) in [6, 6.07) is 7.34. The van der Waals surface area contributed by atoms with Crippen molar-refractivity contribution in [1.29, 1.82) is 0 Å². The molecule has 5 heteroatoms. The topological polar surface area (TPSA) is 53.5 Å². The second-order valence-corrected chi connectivity index (χ2v) is 6.67. The molecule has 0 saturated carbocycles. The van der Waals surface area contributed by atoms with Gasteiger partial charge in [0.25, 0.3) is 5.91 Å². The zero-order valence-corrected chi connectivity index (χ0v) is 14.7. The van der Waals surface area contributed by atoms with Crippen molar-refractivity contribution in [2.75, 3.05) is 20.6 Å². The third-order valence-electron chi connectivity index (χ3n) is 4.64. The number of benzene rings is 1. The molecule has 2 amide bonds. The Bertz CT molecular complexity index is 814. The first-order valence-electron chi connectivity index (χ1n) is 8.29. The summed E-state index contributed by atoms with van der Waals surface area (Å²) in [7, 11) is 3.47. The van der Waals surface area contributed by atoms with Crippen molar-refractivity contribution < 1.29 is 9.59 Å². The van der Waals surface area contributed by atoms with Crippen LogP contribution in [0.5, 0.6) is 0 Å². The van der Waals surface area contributed by atoms with Crippen LogP contribution in [0.1, 0.15) is 34.5 Å². The first-order valence-corrected chi connectivity index (χ1v) is 8.29. The Morgan fingerprint density at radius 1 is 1.25 bits per heavy atom. The van der Waals surface area contributed by atoms with Gasteiger partial charge in [0.2, 0.25) is 5.91 Å². The lowest BCUT2D eigenvalue weighted by Gasteiger charge is -2.26. The van der Waals surface area contributed by atoms with E-state index >= 15 is 0 Å². The Morgan fingerprint density at radius 2 is 2.00 bits per heavy atom. The Kier molecular flexibility index (Phi) is 4.26. The molecule has 24 heavy (non-hydrogen) atoms. The molecule has 0 N–H and O–H groups in total. The van der Waals surface area contributed by atoms with Gasteiger partial charge in [-0.05, 0) is 38.3 Å². The molecule has 126 valence electrons. The molecule has 3 rings (SSSR count). The maximum absolute atomic E-state index is 13.2. The lowest BCUT2D eigenvalue weighted by Crippen LogP contribution is -2.45. The number of fused-ring (bicyclic) bond motifs is 1. The number of likely N-dealkylation sites (tertiary alicyclic amines) is 1. The summed E-state index contributed by atoms with van der Waals surface area (Å²) in [6.45, 7) is 4.52. The van der Waals surface area contributed by atoms with Crippen molar-refractivity contribution in [3.8, 4) is 0 Å².